The van der Waals surface area contributed by atoms with Gasteiger partial charge >= 0.3 is 0 Å². The highest BCUT2D eigenvalue weighted by atomic mass is 32.1. The van der Waals surface area contributed by atoms with Crippen LogP contribution in [-0.4, -0.2) is 14.7 Å². The van der Waals surface area contributed by atoms with E-state index >= 15 is 0 Å². The molecule has 0 amide bonds. The van der Waals surface area contributed by atoms with E-state index in [9.17, 15) is 0 Å². The molecule has 2 aromatic heterocycles. The molecule has 4 aromatic rings. The van der Waals surface area contributed by atoms with Crippen LogP contribution in [0.1, 0.15) is 45.9 Å². The fourth-order valence-corrected chi connectivity index (χ4v) is 5.25. The fourth-order valence-electron chi connectivity index (χ4n) is 4.91. The third kappa shape index (κ3) is 3.83. The molecule has 2 unspecified atom stereocenters. The summed E-state index contributed by atoms with van der Waals surface area (Å²) in [6.45, 7) is 8.61. The molecule has 2 atom stereocenters. The number of nitrogens with zero attached hydrogens (tertiary/aromatic N) is 3. The molecule has 1 N–H and O–H groups in total. The number of hydrogen-bond acceptors (Lipinski definition) is 2. The van der Waals surface area contributed by atoms with Crippen LogP contribution in [0, 0.1) is 27.7 Å². The summed E-state index contributed by atoms with van der Waals surface area (Å²) in [5.41, 5.74) is 9.40. The molecular formula is C28H28N4S. The monoisotopic (exact) mass is 452 g/mol. The molecule has 1 aliphatic heterocycles. The second kappa shape index (κ2) is 8.49. The Morgan fingerprint density at radius 3 is 2.30 bits per heavy atom. The number of rotatable bonds is 4. The second-order valence-corrected chi connectivity index (χ2v) is 9.22. The van der Waals surface area contributed by atoms with E-state index in [0.717, 1.165) is 16.5 Å². The molecule has 0 aliphatic carbocycles. The summed E-state index contributed by atoms with van der Waals surface area (Å²) in [7, 11) is 0. The molecule has 0 saturated carbocycles. The Balaban J connectivity index is 1.68. The van der Waals surface area contributed by atoms with Gasteiger partial charge in [-0.25, -0.2) is 0 Å². The van der Waals surface area contributed by atoms with Gasteiger partial charge in [-0.15, -0.1) is 0 Å². The zero-order valence-electron chi connectivity index (χ0n) is 19.4. The molecule has 4 nitrogen and oxygen atoms in total. The minimum absolute atomic E-state index is 0.0140. The number of anilines is 1. The Bertz CT molecular complexity index is 1310. The molecule has 5 rings (SSSR count). The van der Waals surface area contributed by atoms with Crippen molar-refractivity contribution in [2.45, 2.75) is 39.8 Å². The molecular weight excluding hydrogens is 424 g/mol. The van der Waals surface area contributed by atoms with Crippen molar-refractivity contribution in [3.8, 4) is 5.69 Å². The van der Waals surface area contributed by atoms with Crippen molar-refractivity contribution < 1.29 is 0 Å². The standard InChI is InChI=1S/C28H28N4S/c1-18-11-13-22(14-12-18)32-27(26(30-28(32)33)25-10-5-6-15-29-25)24-17-20(3)31(21(24)4)23-9-7-8-19(2)16-23/h5-17,26-27H,1-4H3,(H,30,33). The lowest BCUT2D eigenvalue weighted by Gasteiger charge is -2.28. The second-order valence-electron chi connectivity index (χ2n) is 8.83. The van der Waals surface area contributed by atoms with Crippen LogP contribution in [0.4, 0.5) is 5.69 Å². The SMILES string of the molecule is Cc1ccc(N2C(=S)NC(c3ccccn3)C2c2cc(C)n(-c3cccc(C)c3)c2C)cc1. The third-order valence-corrected chi connectivity index (χ3v) is 6.77. The van der Waals surface area contributed by atoms with Gasteiger partial charge in [-0.3, -0.25) is 4.98 Å². The van der Waals surface area contributed by atoms with Crippen LogP contribution < -0.4 is 10.2 Å². The van der Waals surface area contributed by atoms with Crippen LogP contribution in [-0.2, 0) is 0 Å². The van der Waals surface area contributed by atoms with Gasteiger partial charge in [0.25, 0.3) is 0 Å². The number of benzene rings is 2. The topological polar surface area (TPSA) is 33.1 Å². The largest absolute Gasteiger partial charge is 0.351 e. The Kier molecular flexibility index (Phi) is 5.51. The van der Waals surface area contributed by atoms with E-state index in [0.29, 0.717) is 0 Å². The lowest BCUT2D eigenvalue weighted by atomic mass is 9.96. The van der Waals surface area contributed by atoms with Gasteiger partial charge < -0.3 is 14.8 Å². The van der Waals surface area contributed by atoms with E-state index < -0.39 is 0 Å². The Hall–Kier alpha value is -3.44. The van der Waals surface area contributed by atoms with Crippen molar-refractivity contribution in [3.63, 3.8) is 0 Å². The molecule has 166 valence electrons. The van der Waals surface area contributed by atoms with Gasteiger partial charge in [-0.1, -0.05) is 35.9 Å². The summed E-state index contributed by atoms with van der Waals surface area (Å²) in [5, 5.41) is 4.29. The van der Waals surface area contributed by atoms with Crippen LogP contribution in [0.2, 0.25) is 0 Å². The van der Waals surface area contributed by atoms with Gasteiger partial charge in [0.15, 0.2) is 5.11 Å². The van der Waals surface area contributed by atoms with E-state index in [1.165, 1.54) is 33.8 Å². The summed E-state index contributed by atoms with van der Waals surface area (Å²) < 4.78 is 2.34. The van der Waals surface area contributed by atoms with Gasteiger partial charge in [-0.05, 0) is 93.5 Å². The smallest absolute Gasteiger partial charge is 0.174 e. The van der Waals surface area contributed by atoms with Crippen molar-refractivity contribution >= 4 is 23.0 Å². The summed E-state index contributed by atoms with van der Waals surface area (Å²) in [6.07, 6.45) is 1.85. The lowest BCUT2D eigenvalue weighted by Crippen LogP contribution is -2.29. The Labute approximate surface area is 200 Å². The van der Waals surface area contributed by atoms with Crippen LogP contribution in [0.5, 0.6) is 0 Å². The molecule has 33 heavy (non-hydrogen) atoms. The molecule has 0 spiro atoms. The molecule has 2 aromatic carbocycles. The van der Waals surface area contributed by atoms with Crippen molar-refractivity contribution in [2.75, 3.05) is 4.90 Å². The van der Waals surface area contributed by atoms with E-state index in [4.69, 9.17) is 12.2 Å². The summed E-state index contributed by atoms with van der Waals surface area (Å²) >= 11 is 5.88. The molecule has 0 radical (unpaired) electrons. The zero-order valence-corrected chi connectivity index (χ0v) is 20.2. The number of aromatic nitrogens is 2. The molecule has 0 bridgehead atoms. The minimum Gasteiger partial charge on any atom is -0.351 e. The average Bonchev–Trinajstić information content (AvgIpc) is 3.30. The van der Waals surface area contributed by atoms with E-state index in [-0.39, 0.29) is 12.1 Å². The van der Waals surface area contributed by atoms with E-state index in [2.05, 4.69) is 108 Å². The number of hydrogen-bond donors (Lipinski definition) is 1. The lowest BCUT2D eigenvalue weighted by molar-refractivity contribution is 0.565. The van der Waals surface area contributed by atoms with Crippen LogP contribution in [0.3, 0.4) is 0 Å². The molecule has 1 saturated heterocycles. The van der Waals surface area contributed by atoms with Crippen molar-refractivity contribution in [1.29, 1.82) is 0 Å². The maximum atomic E-state index is 5.88. The predicted octanol–water partition coefficient (Wildman–Crippen LogP) is 6.28. The van der Waals surface area contributed by atoms with Gasteiger partial charge in [0.05, 0.1) is 17.8 Å². The van der Waals surface area contributed by atoms with Gasteiger partial charge in [0.1, 0.15) is 0 Å². The highest BCUT2D eigenvalue weighted by Crippen LogP contribution is 2.43. The molecule has 1 fully saturated rings. The summed E-state index contributed by atoms with van der Waals surface area (Å²) in [5.74, 6) is 0. The quantitative estimate of drug-likeness (QED) is 0.369. The number of pyridine rings is 1. The first-order valence-corrected chi connectivity index (χ1v) is 11.7. The Morgan fingerprint density at radius 2 is 1.61 bits per heavy atom. The summed E-state index contributed by atoms with van der Waals surface area (Å²) in [6, 6.07) is 25.5. The third-order valence-electron chi connectivity index (χ3n) is 6.46. The predicted molar refractivity (Wildman–Crippen MR) is 139 cm³/mol. The fraction of sp³-hybridized carbons (Fsp3) is 0.214. The normalized spacial score (nSPS) is 17.9. The van der Waals surface area contributed by atoms with Crippen molar-refractivity contribution in [3.05, 3.63) is 113 Å². The van der Waals surface area contributed by atoms with Crippen LogP contribution >= 0.6 is 12.2 Å². The van der Waals surface area contributed by atoms with Crippen LogP contribution in [0.25, 0.3) is 5.69 Å². The first-order chi connectivity index (χ1) is 15.9. The van der Waals surface area contributed by atoms with Crippen LogP contribution in [0.15, 0.2) is 79.0 Å². The van der Waals surface area contributed by atoms with Gasteiger partial charge in [-0.2, -0.15) is 0 Å². The number of aryl methyl sites for hydroxylation is 3. The van der Waals surface area contributed by atoms with E-state index in [1.54, 1.807) is 0 Å². The Morgan fingerprint density at radius 1 is 0.818 bits per heavy atom. The zero-order chi connectivity index (χ0) is 23.1. The maximum absolute atomic E-state index is 5.88. The summed E-state index contributed by atoms with van der Waals surface area (Å²) in [4.78, 5) is 6.93. The highest BCUT2D eigenvalue weighted by Gasteiger charge is 2.42. The number of thiocarbonyl (C=S) groups is 1. The maximum Gasteiger partial charge on any atom is 0.174 e. The average molecular weight is 453 g/mol. The molecule has 1 aliphatic rings. The number of nitrogens with one attached hydrogen (secondary N) is 1. The van der Waals surface area contributed by atoms with Crippen molar-refractivity contribution in [2.24, 2.45) is 0 Å². The first kappa shape index (κ1) is 21.4. The minimum atomic E-state index is -0.0496. The molecule has 5 heteroatoms. The molecule has 3 heterocycles. The van der Waals surface area contributed by atoms with Gasteiger partial charge in [0, 0.05) is 29.0 Å². The van der Waals surface area contributed by atoms with Crippen molar-refractivity contribution in [1.82, 2.24) is 14.9 Å². The highest BCUT2D eigenvalue weighted by molar-refractivity contribution is 7.80. The first-order valence-electron chi connectivity index (χ1n) is 11.3. The van der Waals surface area contributed by atoms with Gasteiger partial charge in [0.2, 0.25) is 0 Å². The van der Waals surface area contributed by atoms with E-state index in [1.807, 2.05) is 18.3 Å².